The molecule has 0 aliphatic carbocycles. The number of rotatable bonds is 4. The molecule has 1 aromatic heterocycles. The van der Waals surface area contributed by atoms with E-state index in [1.54, 1.807) is 18.2 Å². The molecule has 0 atom stereocenters. The van der Waals surface area contributed by atoms with Gasteiger partial charge in [-0.3, -0.25) is 10.1 Å². The number of non-ortho nitro benzene ring substituents is 1. The summed E-state index contributed by atoms with van der Waals surface area (Å²) in [6.45, 7) is 0. The van der Waals surface area contributed by atoms with Crippen LogP contribution in [-0.2, 0) is 0 Å². The summed E-state index contributed by atoms with van der Waals surface area (Å²) in [4.78, 5) is 14.7. The Morgan fingerprint density at radius 2 is 1.88 bits per heavy atom. The molecule has 0 amide bonds. The summed E-state index contributed by atoms with van der Waals surface area (Å²) in [5.41, 5.74) is 2.98. The first-order valence-electron chi connectivity index (χ1n) is 7.05. The van der Waals surface area contributed by atoms with Crippen LogP contribution in [-0.4, -0.2) is 9.91 Å². The van der Waals surface area contributed by atoms with E-state index in [0.717, 1.165) is 11.3 Å². The van der Waals surface area contributed by atoms with Gasteiger partial charge < -0.3 is 0 Å². The lowest BCUT2D eigenvalue weighted by molar-refractivity contribution is -0.384. The number of hydrogen-bond donors (Lipinski definition) is 0. The molecule has 0 saturated carbocycles. The van der Waals surface area contributed by atoms with E-state index in [4.69, 9.17) is 0 Å². The number of nitriles is 1. The summed E-state index contributed by atoms with van der Waals surface area (Å²) in [6, 6.07) is 17.9. The number of nitrogens with zero attached hydrogens (tertiary/aromatic N) is 3. The third-order valence-corrected chi connectivity index (χ3v) is 4.22. The van der Waals surface area contributed by atoms with Crippen LogP contribution in [0.4, 0.5) is 5.69 Å². The van der Waals surface area contributed by atoms with Crippen molar-refractivity contribution >= 4 is 28.7 Å². The maximum Gasteiger partial charge on any atom is 0.269 e. The van der Waals surface area contributed by atoms with Crippen molar-refractivity contribution in [2.45, 2.75) is 0 Å². The highest BCUT2D eigenvalue weighted by Crippen LogP contribution is 2.27. The highest BCUT2D eigenvalue weighted by molar-refractivity contribution is 7.11. The molecule has 0 N–H and O–H groups in total. The van der Waals surface area contributed by atoms with E-state index in [0.29, 0.717) is 16.1 Å². The third kappa shape index (κ3) is 3.37. The van der Waals surface area contributed by atoms with E-state index in [1.807, 2.05) is 35.7 Å². The molecule has 3 rings (SSSR count). The Balaban J connectivity index is 1.90. The number of nitro groups is 1. The number of hydrogen-bond acceptors (Lipinski definition) is 5. The second-order valence-electron chi connectivity index (χ2n) is 4.92. The zero-order valence-corrected chi connectivity index (χ0v) is 13.2. The van der Waals surface area contributed by atoms with Gasteiger partial charge in [0.1, 0.15) is 11.1 Å². The Bertz CT molecular complexity index is 938. The zero-order chi connectivity index (χ0) is 16.9. The fourth-order valence-electron chi connectivity index (χ4n) is 2.14. The van der Waals surface area contributed by atoms with Crippen molar-refractivity contribution in [3.05, 3.63) is 80.7 Å². The predicted molar refractivity (Wildman–Crippen MR) is 94.1 cm³/mol. The van der Waals surface area contributed by atoms with Crippen LogP contribution < -0.4 is 0 Å². The topological polar surface area (TPSA) is 79.8 Å². The van der Waals surface area contributed by atoms with Gasteiger partial charge >= 0.3 is 0 Å². The normalized spacial score (nSPS) is 11.0. The van der Waals surface area contributed by atoms with Gasteiger partial charge in [0, 0.05) is 23.1 Å². The van der Waals surface area contributed by atoms with Gasteiger partial charge in [-0.05, 0) is 23.8 Å². The summed E-state index contributed by atoms with van der Waals surface area (Å²) in [5, 5.41) is 22.6. The summed E-state index contributed by atoms with van der Waals surface area (Å²) >= 11 is 1.39. The summed E-state index contributed by atoms with van der Waals surface area (Å²) in [7, 11) is 0. The molecule has 6 heteroatoms. The summed E-state index contributed by atoms with van der Waals surface area (Å²) in [6.07, 6.45) is 1.68. The zero-order valence-electron chi connectivity index (χ0n) is 12.4. The second kappa shape index (κ2) is 6.86. The fraction of sp³-hybridized carbons (Fsp3) is 0. The van der Waals surface area contributed by atoms with Gasteiger partial charge in [0.15, 0.2) is 0 Å². The van der Waals surface area contributed by atoms with E-state index in [9.17, 15) is 15.4 Å². The van der Waals surface area contributed by atoms with Crippen LogP contribution in [0.25, 0.3) is 22.9 Å². The maximum absolute atomic E-state index is 10.7. The van der Waals surface area contributed by atoms with E-state index >= 15 is 0 Å². The SMILES string of the molecule is N#C/C(=C\c1ccc([N+](=O)[O-])cc1)c1nc(-c2ccccc2)cs1. The molecule has 24 heavy (non-hydrogen) atoms. The quantitative estimate of drug-likeness (QED) is 0.391. The molecule has 0 fully saturated rings. The average Bonchev–Trinajstić information content (AvgIpc) is 3.11. The standard InChI is InChI=1S/C18H11N3O2S/c19-11-15(10-13-6-8-16(9-7-13)21(22)23)18-20-17(12-24-18)14-4-2-1-3-5-14/h1-10,12H/b15-10+. The molecule has 116 valence electrons. The molecule has 0 bridgehead atoms. The molecule has 0 aliphatic rings. The van der Waals surface area contributed by atoms with Crippen LogP contribution in [0, 0.1) is 21.4 Å². The van der Waals surface area contributed by atoms with Gasteiger partial charge in [-0.25, -0.2) is 4.98 Å². The Hall–Kier alpha value is -3.30. The van der Waals surface area contributed by atoms with Crippen LogP contribution in [0.2, 0.25) is 0 Å². The molecule has 5 nitrogen and oxygen atoms in total. The van der Waals surface area contributed by atoms with E-state index in [-0.39, 0.29) is 5.69 Å². The summed E-state index contributed by atoms with van der Waals surface area (Å²) < 4.78 is 0. The van der Waals surface area contributed by atoms with Crippen molar-refractivity contribution in [2.75, 3.05) is 0 Å². The van der Waals surface area contributed by atoms with Crippen molar-refractivity contribution in [3.63, 3.8) is 0 Å². The van der Waals surface area contributed by atoms with Crippen LogP contribution in [0.15, 0.2) is 60.0 Å². The van der Waals surface area contributed by atoms with Crippen molar-refractivity contribution in [2.24, 2.45) is 0 Å². The maximum atomic E-state index is 10.7. The van der Waals surface area contributed by atoms with Crippen molar-refractivity contribution in [1.29, 1.82) is 5.26 Å². The highest BCUT2D eigenvalue weighted by Gasteiger charge is 2.09. The molecular formula is C18H11N3O2S. The monoisotopic (exact) mass is 333 g/mol. The number of nitro benzene ring substituents is 1. The fourth-order valence-corrected chi connectivity index (χ4v) is 2.93. The van der Waals surface area contributed by atoms with E-state index in [2.05, 4.69) is 11.1 Å². The molecule has 2 aromatic carbocycles. The highest BCUT2D eigenvalue weighted by atomic mass is 32.1. The lowest BCUT2D eigenvalue weighted by atomic mass is 10.1. The van der Waals surface area contributed by atoms with Crippen molar-refractivity contribution < 1.29 is 4.92 Å². The van der Waals surface area contributed by atoms with Gasteiger partial charge in [-0.1, -0.05) is 30.3 Å². The van der Waals surface area contributed by atoms with Crippen LogP contribution in [0.5, 0.6) is 0 Å². The number of aromatic nitrogens is 1. The molecule has 0 spiro atoms. The lowest BCUT2D eigenvalue weighted by Crippen LogP contribution is -1.87. The molecule has 0 saturated heterocycles. The molecule has 1 heterocycles. The molecule has 0 radical (unpaired) electrons. The van der Waals surface area contributed by atoms with Gasteiger partial charge in [-0.15, -0.1) is 11.3 Å². The van der Waals surface area contributed by atoms with Gasteiger partial charge in [0.25, 0.3) is 5.69 Å². The Morgan fingerprint density at radius 1 is 1.17 bits per heavy atom. The van der Waals surface area contributed by atoms with Crippen LogP contribution in [0.3, 0.4) is 0 Å². The van der Waals surface area contributed by atoms with E-state index in [1.165, 1.54) is 23.5 Å². The molecular weight excluding hydrogens is 322 g/mol. The van der Waals surface area contributed by atoms with Crippen molar-refractivity contribution in [1.82, 2.24) is 4.98 Å². The number of allylic oxidation sites excluding steroid dienone is 1. The van der Waals surface area contributed by atoms with Gasteiger partial charge in [0.05, 0.1) is 16.2 Å². The number of thiazole rings is 1. The minimum Gasteiger partial charge on any atom is -0.258 e. The molecule has 0 aliphatic heterocycles. The van der Waals surface area contributed by atoms with Crippen LogP contribution in [0.1, 0.15) is 10.6 Å². The van der Waals surface area contributed by atoms with E-state index < -0.39 is 4.92 Å². The number of benzene rings is 2. The first-order chi connectivity index (χ1) is 11.7. The van der Waals surface area contributed by atoms with Crippen molar-refractivity contribution in [3.8, 4) is 17.3 Å². The predicted octanol–water partition coefficient (Wildman–Crippen LogP) is 4.78. The Kier molecular flexibility index (Phi) is 4.45. The Labute approximate surface area is 142 Å². The van der Waals surface area contributed by atoms with Crippen LogP contribution >= 0.6 is 11.3 Å². The third-order valence-electron chi connectivity index (χ3n) is 3.34. The Morgan fingerprint density at radius 3 is 2.50 bits per heavy atom. The smallest absolute Gasteiger partial charge is 0.258 e. The second-order valence-corrected chi connectivity index (χ2v) is 5.78. The summed E-state index contributed by atoms with van der Waals surface area (Å²) in [5.74, 6) is 0. The largest absolute Gasteiger partial charge is 0.269 e. The average molecular weight is 333 g/mol. The van der Waals surface area contributed by atoms with Gasteiger partial charge in [0.2, 0.25) is 0 Å². The lowest BCUT2D eigenvalue weighted by Gasteiger charge is -1.97. The molecule has 3 aromatic rings. The first kappa shape index (κ1) is 15.6. The van der Waals surface area contributed by atoms with Gasteiger partial charge in [-0.2, -0.15) is 5.26 Å². The molecule has 0 unspecified atom stereocenters. The minimum atomic E-state index is -0.453. The first-order valence-corrected chi connectivity index (χ1v) is 7.93. The minimum absolute atomic E-state index is 0.0197.